The fourth-order valence-electron chi connectivity index (χ4n) is 0.536. The van der Waals surface area contributed by atoms with Crippen molar-refractivity contribution < 1.29 is 42.5 Å². The Hall–Kier alpha value is -0.130. The number of hydrogen-bond acceptors (Lipinski definition) is 2. The molecule has 1 aromatic carbocycles. The first-order valence-corrected chi connectivity index (χ1v) is 5.29. The molecule has 3 nitrogen and oxygen atoms in total. The molecule has 0 radical (unpaired) electrons. The molecule has 0 bridgehead atoms. The van der Waals surface area contributed by atoms with Crippen LogP contribution >= 0.6 is 0 Å². The zero-order valence-electron chi connectivity index (χ0n) is 8.27. The molecule has 0 amide bonds. The van der Waals surface area contributed by atoms with Crippen LogP contribution in [0.3, 0.4) is 0 Å². The van der Waals surface area contributed by atoms with Gasteiger partial charge in [0.1, 0.15) is 0 Å². The fraction of sp³-hybridized carbons (Fsp3) is 0.111. The second-order valence-corrected chi connectivity index (χ2v) is 3.74. The van der Waals surface area contributed by atoms with Crippen LogP contribution < -0.4 is 29.6 Å². The van der Waals surface area contributed by atoms with Crippen molar-refractivity contribution in [2.75, 3.05) is 6.26 Å². The van der Waals surface area contributed by atoms with Crippen molar-refractivity contribution in [1.82, 2.24) is 0 Å². The van der Waals surface area contributed by atoms with Crippen LogP contribution in [0.25, 0.3) is 6.08 Å². The van der Waals surface area contributed by atoms with Crippen molar-refractivity contribution in [2.24, 2.45) is 0 Å². The van der Waals surface area contributed by atoms with Gasteiger partial charge in [-0.3, -0.25) is 4.55 Å². The van der Waals surface area contributed by atoms with E-state index in [0.717, 1.165) is 5.56 Å². The van der Waals surface area contributed by atoms with E-state index in [2.05, 4.69) is 12.6 Å². The minimum absolute atomic E-state index is 0. The molecule has 0 aromatic heterocycles. The Morgan fingerprint density at radius 3 is 2.00 bits per heavy atom. The van der Waals surface area contributed by atoms with E-state index in [0.29, 0.717) is 6.26 Å². The molecular weight excluding hydrogens is 211 g/mol. The second-order valence-electron chi connectivity index (χ2n) is 2.27. The van der Waals surface area contributed by atoms with E-state index in [-0.39, 0.29) is 29.6 Å². The Kier molecular flexibility index (Phi) is 9.55. The summed E-state index contributed by atoms with van der Waals surface area (Å²) < 4.78 is 25.9. The molecule has 0 fully saturated rings. The zero-order valence-corrected chi connectivity index (χ0v) is 11.1. The predicted octanol–water partition coefficient (Wildman–Crippen LogP) is -1.36. The Morgan fingerprint density at radius 1 is 1.43 bits per heavy atom. The third-order valence-corrected chi connectivity index (χ3v) is 0.980. The van der Waals surface area contributed by atoms with E-state index in [1.807, 2.05) is 30.3 Å². The topological polar surface area (TPSA) is 54.4 Å². The largest absolute Gasteiger partial charge is 1.00 e. The van der Waals surface area contributed by atoms with Crippen LogP contribution in [0.15, 0.2) is 30.8 Å². The van der Waals surface area contributed by atoms with Crippen LogP contribution in [0, 0.1) is 6.07 Å². The zero-order chi connectivity index (χ0) is 10.3. The molecule has 72 valence electrons. The minimum Gasteiger partial charge on any atom is -0.286 e. The molecule has 14 heavy (non-hydrogen) atoms. The van der Waals surface area contributed by atoms with Gasteiger partial charge in [0, 0.05) is 0 Å². The summed E-state index contributed by atoms with van der Waals surface area (Å²) in [6, 6.07) is 10.6. The molecule has 1 N–H and O–H groups in total. The van der Waals surface area contributed by atoms with Gasteiger partial charge >= 0.3 is 29.6 Å². The van der Waals surface area contributed by atoms with Crippen molar-refractivity contribution in [3.63, 3.8) is 0 Å². The molecule has 1 rings (SSSR count). The Labute approximate surface area is 107 Å². The monoisotopic (exact) mass is 222 g/mol. The van der Waals surface area contributed by atoms with Gasteiger partial charge in [0.15, 0.2) is 0 Å². The molecule has 0 aliphatic rings. The van der Waals surface area contributed by atoms with Gasteiger partial charge in [0.2, 0.25) is 0 Å². The van der Waals surface area contributed by atoms with E-state index in [1.54, 1.807) is 0 Å². The molecule has 0 aliphatic carbocycles. The summed E-state index contributed by atoms with van der Waals surface area (Å²) in [5, 5.41) is 0. The third-order valence-electron chi connectivity index (χ3n) is 0.980. The molecule has 0 saturated heterocycles. The Morgan fingerprint density at radius 2 is 1.79 bits per heavy atom. The second kappa shape index (κ2) is 8.20. The normalized spacial score (nSPS) is 9.00. The summed E-state index contributed by atoms with van der Waals surface area (Å²) in [4.78, 5) is 0. The van der Waals surface area contributed by atoms with Crippen LogP contribution in [0.4, 0.5) is 0 Å². The average molecular weight is 222 g/mol. The summed E-state index contributed by atoms with van der Waals surface area (Å²) in [6.07, 6.45) is 2.53. The summed E-state index contributed by atoms with van der Waals surface area (Å²) in [5.74, 6) is 0. The molecule has 0 heterocycles. The van der Waals surface area contributed by atoms with Crippen LogP contribution in [0.2, 0.25) is 0 Å². The van der Waals surface area contributed by atoms with E-state index in [1.165, 1.54) is 0 Å². The predicted molar refractivity (Wildman–Crippen MR) is 52.8 cm³/mol. The summed E-state index contributed by atoms with van der Waals surface area (Å²) in [6.45, 7) is 3.62. The molecule has 5 heteroatoms. The van der Waals surface area contributed by atoms with Crippen molar-refractivity contribution in [3.05, 3.63) is 42.5 Å². The first kappa shape index (κ1) is 16.3. The Bertz CT molecular complexity index is 338. The summed E-state index contributed by atoms with van der Waals surface area (Å²) >= 11 is 0. The molecule has 0 unspecified atom stereocenters. The molecule has 1 aromatic rings. The van der Waals surface area contributed by atoms with Crippen molar-refractivity contribution >= 4 is 16.2 Å². The van der Waals surface area contributed by atoms with E-state index in [4.69, 9.17) is 4.55 Å². The SMILES string of the molecule is C=Cc1cc[c-]cc1.CS(=O)(=O)O.[Na+]. The maximum atomic E-state index is 9.19. The average Bonchev–Trinajstić information content (AvgIpc) is 2.03. The molecule has 0 spiro atoms. The van der Waals surface area contributed by atoms with Crippen LogP contribution in [-0.2, 0) is 10.1 Å². The number of benzene rings is 1. The Balaban J connectivity index is 0. The van der Waals surface area contributed by atoms with Crippen LogP contribution in [0.5, 0.6) is 0 Å². The van der Waals surface area contributed by atoms with Crippen molar-refractivity contribution in [1.29, 1.82) is 0 Å². The van der Waals surface area contributed by atoms with Crippen LogP contribution in [-0.4, -0.2) is 19.2 Å². The molecule has 0 aliphatic heterocycles. The first-order chi connectivity index (χ1) is 5.93. The van der Waals surface area contributed by atoms with Crippen molar-refractivity contribution in [2.45, 2.75) is 0 Å². The molecule has 0 saturated carbocycles. The minimum atomic E-state index is -3.67. The van der Waals surface area contributed by atoms with Gasteiger partial charge in [0.25, 0.3) is 10.1 Å². The van der Waals surface area contributed by atoms with Crippen molar-refractivity contribution in [3.8, 4) is 0 Å². The molecule has 0 atom stereocenters. The van der Waals surface area contributed by atoms with Gasteiger partial charge in [-0.1, -0.05) is 6.08 Å². The third kappa shape index (κ3) is 14.4. The maximum absolute atomic E-state index is 9.19. The van der Waals surface area contributed by atoms with Gasteiger partial charge < -0.3 is 0 Å². The van der Waals surface area contributed by atoms with E-state index >= 15 is 0 Å². The van der Waals surface area contributed by atoms with E-state index in [9.17, 15) is 8.42 Å². The quantitative estimate of drug-likeness (QED) is 0.363. The smallest absolute Gasteiger partial charge is 0.286 e. The molecular formula is C9H11NaO3S. The summed E-state index contributed by atoms with van der Waals surface area (Å²) in [7, 11) is -3.67. The standard InChI is InChI=1S/C8H7.CH4O3S.Na/c1-2-8-6-4-3-5-7-8;1-5(2,3)4;/h2,4-7H,1H2;1H3,(H,2,3,4);/q-1;;+1. The van der Waals surface area contributed by atoms with E-state index < -0.39 is 10.1 Å². The number of rotatable bonds is 1. The van der Waals surface area contributed by atoms with Gasteiger partial charge in [-0.05, 0) is 0 Å². The van der Waals surface area contributed by atoms with Crippen LogP contribution in [0.1, 0.15) is 5.56 Å². The number of hydrogen-bond donors (Lipinski definition) is 1. The first-order valence-electron chi connectivity index (χ1n) is 3.44. The van der Waals surface area contributed by atoms with Gasteiger partial charge in [0.05, 0.1) is 6.26 Å². The van der Waals surface area contributed by atoms with Gasteiger partial charge in [-0.15, -0.1) is 12.1 Å². The maximum Gasteiger partial charge on any atom is 1.00 e. The summed E-state index contributed by atoms with van der Waals surface area (Å²) in [5.41, 5.74) is 1.14. The van der Waals surface area contributed by atoms with Gasteiger partial charge in [-0.25, -0.2) is 0 Å². The van der Waals surface area contributed by atoms with Gasteiger partial charge in [-0.2, -0.15) is 38.7 Å². The fourth-order valence-corrected chi connectivity index (χ4v) is 0.536.